The minimum atomic E-state index is 0.242. The summed E-state index contributed by atoms with van der Waals surface area (Å²) in [6, 6.07) is 14.5. The largest absolute Gasteiger partial charge is 0.710 e. The van der Waals surface area contributed by atoms with Crippen LogP contribution in [0.3, 0.4) is 0 Å². The first-order chi connectivity index (χ1) is 10.5. The molecule has 0 spiro atoms. The van der Waals surface area contributed by atoms with Crippen molar-refractivity contribution in [3.8, 4) is 28.3 Å². The molecular weight excluding hydrogens is 344 g/mol. The zero-order valence-electron chi connectivity index (χ0n) is 11.8. The van der Waals surface area contributed by atoms with Gasteiger partial charge in [0.05, 0.1) is 0 Å². The van der Waals surface area contributed by atoms with Gasteiger partial charge in [0.2, 0.25) is 0 Å². The molecule has 1 heterocycles. The molecule has 0 amide bonds. The van der Waals surface area contributed by atoms with Crippen LogP contribution >= 0.6 is 15.9 Å². The molecule has 0 radical (unpaired) electrons. The lowest BCUT2D eigenvalue weighted by Gasteiger charge is -2.09. The van der Waals surface area contributed by atoms with Crippen molar-refractivity contribution in [2.45, 2.75) is 6.92 Å². The molecule has 5 heteroatoms. The fraction of sp³-hybridized carbons (Fsp3) is 0.0588. The highest BCUT2D eigenvalue weighted by atomic mass is 79.9. The molecule has 0 unspecified atom stereocenters. The molecule has 0 fully saturated rings. The number of aryl methyl sites for hydroxylation is 1. The SMILES string of the molecule is Cc1cc(-c2cc(-c3ccc(Br)cc3)[n+]([O-])cn2)ccc1O. The Morgan fingerprint density at radius 2 is 1.73 bits per heavy atom. The highest BCUT2D eigenvalue weighted by Gasteiger charge is 2.12. The van der Waals surface area contributed by atoms with Gasteiger partial charge in [-0.1, -0.05) is 15.9 Å². The van der Waals surface area contributed by atoms with E-state index in [4.69, 9.17) is 0 Å². The summed E-state index contributed by atoms with van der Waals surface area (Å²) < 4.78 is 1.71. The summed E-state index contributed by atoms with van der Waals surface area (Å²) in [6.07, 6.45) is 1.26. The van der Waals surface area contributed by atoms with Crippen molar-refractivity contribution < 1.29 is 9.84 Å². The molecule has 0 aliphatic carbocycles. The number of phenolic OH excluding ortho intramolecular Hbond substituents is 1. The van der Waals surface area contributed by atoms with Gasteiger partial charge in [0.1, 0.15) is 11.4 Å². The Morgan fingerprint density at radius 3 is 2.41 bits per heavy atom. The summed E-state index contributed by atoms with van der Waals surface area (Å²) in [5, 5.41) is 21.6. The Labute approximate surface area is 136 Å². The van der Waals surface area contributed by atoms with Crippen LogP contribution in [-0.2, 0) is 0 Å². The predicted octanol–water partition coefficient (Wildman–Crippen LogP) is 3.83. The fourth-order valence-corrected chi connectivity index (χ4v) is 2.48. The Morgan fingerprint density at radius 1 is 1.05 bits per heavy atom. The van der Waals surface area contributed by atoms with E-state index < -0.39 is 0 Å². The second-order valence-electron chi connectivity index (χ2n) is 4.99. The van der Waals surface area contributed by atoms with E-state index in [1.807, 2.05) is 37.3 Å². The Kier molecular flexibility index (Phi) is 3.81. The number of aromatic nitrogens is 2. The molecule has 1 aromatic heterocycles. The Balaban J connectivity index is 2.09. The first-order valence-corrected chi connectivity index (χ1v) is 7.49. The van der Waals surface area contributed by atoms with Gasteiger partial charge in [0.15, 0.2) is 5.69 Å². The molecule has 4 nitrogen and oxygen atoms in total. The summed E-state index contributed by atoms with van der Waals surface area (Å²) in [5.41, 5.74) is 3.66. The van der Waals surface area contributed by atoms with Crippen LogP contribution in [0.25, 0.3) is 22.5 Å². The van der Waals surface area contributed by atoms with Crippen LogP contribution in [0.15, 0.2) is 59.3 Å². The normalized spacial score (nSPS) is 10.6. The van der Waals surface area contributed by atoms with Crippen LogP contribution in [0.4, 0.5) is 0 Å². The number of nitrogens with zero attached hydrogens (tertiary/aromatic N) is 2. The lowest BCUT2D eigenvalue weighted by atomic mass is 10.1. The number of benzene rings is 2. The van der Waals surface area contributed by atoms with E-state index >= 15 is 0 Å². The quantitative estimate of drug-likeness (QED) is 0.560. The zero-order chi connectivity index (χ0) is 15.7. The first-order valence-electron chi connectivity index (χ1n) is 6.70. The fourth-order valence-electron chi connectivity index (χ4n) is 2.21. The van der Waals surface area contributed by atoms with Crippen molar-refractivity contribution in [1.29, 1.82) is 0 Å². The highest BCUT2D eigenvalue weighted by molar-refractivity contribution is 9.10. The number of hydrogen-bond acceptors (Lipinski definition) is 3. The molecule has 110 valence electrons. The third-order valence-electron chi connectivity index (χ3n) is 3.45. The summed E-state index contributed by atoms with van der Waals surface area (Å²) in [7, 11) is 0. The molecule has 3 aromatic rings. The van der Waals surface area contributed by atoms with E-state index in [0.29, 0.717) is 11.4 Å². The molecule has 2 aromatic carbocycles. The van der Waals surface area contributed by atoms with Crippen LogP contribution in [0.2, 0.25) is 0 Å². The molecule has 0 saturated heterocycles. The van der Waals surface area contributed by atoms with Gasteiger partial charge in [-0.25, -0.2) is 4.73 Å². The molecule has 0 aliphatic rings. The smallest absolute Gasteiger partial charge is 0.290 e. The molecule has 1 N–H and O–H groups in total. The van der Waals surface area contributed by atoms with Crippen molar-refractivity contribution in [2.75, 3.05) is 0 Å². The highest BCUT2D eigenvalue weighted by Crippen LogP contribution is 2.26. The van der Waals surface area contributed by atoms with E-state index in [-0.39, 0.29) is 5.75 Å². The van der Waals surface area contributed by atoms with Gasteiger partial charge in [-0.05, 0) is 59.9 Å². The van der Waals surface area contributed by atoms with Crippen molar-refractivity contribution in [3.63, 3.8) is 0 Å². The van der Waals surface area contributed by atoms with Crippen molar-refractivity contribution in [3.05, 3.63) is 70.1 Å². The monoisotopic (exact) mass is 356 g/mol. The summed E-state index contributed by atoms with van der Waals surface area (Å²) in [6.45, 7) is 1.82. The van der Waals surface area contributed by atoms with Gasteiger partial charge >= 0.3 is 0 Å². The second kappa shape index (κ2) is 5.77. The summed E-state index contributed by atoms with van der Waals surface area (Å²) in [5.74, 6) is 0.242. The van der Waals surface area contributed by atoms with E-state index in [9.17, 15) is 10.3 Å². The van der Waals surface area contributed by atoms with Crippen LogP contribution in [0.5, 0.6) is 5.75 Å². The summed E-state index contributed by atoms with van der Waals surface area (Å²) >= 11 is 3.38. The maximum Gasteiger partial charge on any atom is 0.290 e. The average Bonchev–Trinajstić information content (AvgIpc) is 2.52. The molecule has 0 saturated carbocycles. The van der Waals surface area contributed by atoms with Gasteiger partial charge in [-0.2, -0.15) is 0 Å². The lowest BCUT2D eigenvalue weighted by Crippen LogP contribution is -2.29. The van der Waals surface area contributed by atoms with Gasteiger partial charge in [-0.15, -0.1) is 0 Å². The molecule has 0 atom stereocenters. The van der Waals surface area contributed by atoms with Gasteiger partial charge in [0, 0.05) is 21.7 Å². The minimum absolute atomic E-state index is 0.242. The van der Waals surface area contributed by atoms with Crippen molar-refractivity contribution in [1.82, 2.24) is 4.98 Å². The van der Waals surface area contributed by atoms with Crippen LogP contribution in [-0.4, -0.2) is 10.1 Å². The molecule has 0 aliphatic heterocycles. The van der Waals surface area contributed by atoms with Gasteiger partial charge in [0.25, 0.3) is 6.33 Å². The summed E-state index contributed by atoms with van der Waals surface area (Å²) in [4.78, 5) is 4.18. The minimum Gasteiger partial charge on any atom is -0.710 e. The van der Waals surface area contributed by atoms with E-state index in [1.54, 1.807) is 18.2 Å². The molecule has 22 heavy (non-hydrogen) atoms. The molecule has 0 bridgehead atoms. The third-order valence-corrected chi connectivity index (χ3v) is 3.97. The van der Waals surface area contributed by atoms with Crippen LogP contribution in [0.1, 0.15) is 5.56 Å². The number of phenols is 1. The lowest BCUT2D eigenvalue weighted by molar-refractivity contribution is -0.597. The van der Waals surface area contributed by atoms with Gasteiger partial charge in [-0.3, -0.25) is 0 Å². The first kappa shape index (κ1) is 14.5. The van der Waals surface area contributed by atoms with Crippen LogP contribution in [0, 0.1) is 12.1 Å². The third kappa shape index (κ3) is 2.80. The standard InChI is InChI=1S/C17H13BrN2O2/c1-11-8-13(4-7-17(11)21)15-9-16(20(22)10-19-15)12-2-5-14(18)6-3-12/h2-10,21H,1H3. The number of halogens is 1. The number of rotatable bonds is 2. The average molecular weight is 357 g/mol. The number of aromatic hydroxyl groups is 1. The van der Waals surface area contributed by atoms with E-state index in [1.165, 1.54) is 6.33 Å². The molecular formula is C17H13BrN2O2. The molecule has 3 rings (SSSR count). The van der Waals surface area contributed by atoms with Crippen molar-refractivity contribution >= 4 is 15.9 Å². The number of hydrogen-bond donors (Lipinski definition) is 1. The zero-order valence-corrected chi connectivity index (χ0v) is 13.4. The maximum absolute atomic E-state index is 12.0. The second-order valence-corrected chi connectivity index (χ2v) is 5.91. The van der Waals surface area contributed by atoms with Gasteiger partial charge < -0.3 is 10.3 Å². The topological polar surface area (TPSA) is 60.1 Å². The predicted molar refractivity (Wildman–Crippen MR) is 88.2 cm³/mol. The Bertz CT molecular complexity index is 833. The van der Waals surface area contributed by atoms with E-state index in [2.05, 4.69) is 20.9 Å². The maximum atomic E-state index is 12.0. The van der Waals surface area contributed by atoms with E-state index in [0.717, 1.165) is 25.9 Å². The van der Waals surface area contributed by atoms with Crippen molar-refractivity contribution in [2.24, 2.45) is 0 Å². The Hall–Kier alpha value is -2.40. The van der Waals surface area contributed by atoms with Crippen LogP contribution < -0.4 is 4.73 Å².